The molecule has 0 saturated heterocycles. The van der Waals surface area contributed by atoms with Crippen LogP contribution in [0.3, 0.4) is 0 Å². The minimum atomic E-state index is 1.04. The molecule has 1 aliphatic rings. The van der Waals surface area contributed by atoms with Crippen LogP contribution >= 0.6 is 0 Å². The summed E-state index contributed by atoms with van der Waals surface area (Å²) in [6.45, 7) is 0. The fourth-order valence-corrected chi connectivity index (χ4v) is 2.92. The molecule has 0 atom stereocenters. The number of rotatable bonds is 0. The van der Waals surface area contributed by atoms with E-state index >= 15 is 0 Å². The summed E-state index contributed by atoms with van der Waals surface area (Å²) < 4.78 is 0. The van der Waals surface area contributed by atoms with Crippen molar-refractivity contribution in [3.63, 3.8) is 0 Å². The minimum absolute atomic E-state index is 1.04. The van der Waals surface area contributed by atoms with Crippen LogP contribution in [0.1, 0.15) is 16.7 Å². The first-order chi connectivity index (χ1) is 10.9. The van der Waals surface area contributed by atoms with Crippen molar-refractivity contribution in [1.82, 2.24) is 0 Å². The van der Waals surface area contributed by atoms with Gasteiger partial charge in [0.1, 0.15) is 0 Å². The van der Waals surface area contributed by atoms with Crippen molar-refractivity contribution in [3.05, 3.63) is 102 Å². The van der Waals surface area contributed by atoms with Crippen LogP contribution in [0.5, 0.6) is 0 Å². The van der Waals surface area contributed by atoms with Gasteiger partial charge < -0.3 is 0 Å². The number of fused-ring (bicyclic) bond motifs is 3. The summed E-state index contributed by atoms with van der Waals surface area (Å²) in [6, 6.07) is 27.1. The molecule has 3 aromatic carbocycles. The van der Waals surface area contributed by atoms with Gasteiger partial charge in [-0.05, 0) is 46.0 Å². The van der Waals surface area contributed by atoms with Crippen molar-refractivity contribution in [2.45, 2.75) is 0 Å². The molecule has 1 aliphatic carbocycles. The molecule has 0 amide bonds. The molecule has 0 spiro atoms. The fourth-order valence-electron chi connectivity index (χ4n) is 2.92. The van der Waals surface area contributed by atoms with E-state index in [4.69, 9.17) is 0 Å². The van der Waals surface area contributed by atoms with E-state index in [1.165, 1.54) is 27.8 Å². The summed E-state index contributed by atoms with van der Waals surface area (Å²) >= 11 is 0. The highest BCUT2D eigenvalue weighted by atomic mass is 14.2. The van der Waals surface area contributed by atoms with Gasteiger partial charge in [0.15, 0.2) is 0 Å². The van der Waals surface area contributed by atoms with Gasteiger partial charge in [0, 0.05) is 5.56 Å². The molecule has 0 heteroatoms. The molecule has 0 fully saturated rings. The molecule has 0 unspecified atom stereocenters. The van der Waals surface area contributed by atoms with Crippen LogP contribution in [0.25, 0.3) is 16.7 Å². The molecular formula is C22H14. The molecule has 3 aromatic rings. The zero-order valence-corrected chi connectivity index (χ0v) is 12.1. The van der Waals surface area contributed by atoms with Crippen molar-refractivity contribution < 1.29 is 0 Å². The van der Waals surface area contributed by atoms with E-state index in [0.29, 0.717) is 0 Å². The number of allylic oxidation sites excluding steroid dienone is 1. The molecule has 102 valence electrons. The van der Waals surface area contributed by atoms with Crippen molar-refractivity contribution >= 4 is 5.57 Å². The average molecular weight is 278 g/mol. The highest BCUT2D eigenvalue weighted by molar-refractivity contribution is 6.01. The maximum Gasteiger partial charge on any atom is 0.0248 e. The summed E-state index contributed by atoms with van der Waals surface area (Å²) in [6.07, 6.45) is 2.04. The van der Waals surface area contributed by atoms with Crippen molar-refractivity contribution in [1.29, 1.82) is 0 Å². The summed E-state index contributed by atoms with van der Waals surface area (Å²) in [4.78, 5) is 0. The van der Waals surface area contributed by atoms with E-state index < -0.39 is 0 Å². The second-order valence-corrected chi connectivity index (χ2v) is 5.28. The molecule has 0 aliphatic heterocycles. The van der Waals surface area contributed by atoms with Gasteiger partial charge in [-0.1, -0.05) is 78.6 Å². The second kappa shape index (κ2) is 5.39. The van der Waals surface area contributed by atoms with Crippen LogP contribution in [0.15, 0.2) is 84.9 Å². The summed E-state index contributed by atoms with van der Waals surface area (Å²) in [5.74, 6) is 6.42. The molecular weight excluding hydrogens is 264 g/mol. The highest BCUT2D eigenvalue weighted by Crippen LogP contribution is 2.43. The summed E-state index contributed by atoms with van der Waals surface area (Å²) in [5, 5.41) is 0. The number of benzene rings is 3. The first-order valence-corrected chi connectivity index (χ1v) is 7.39. The molecule has 0 nitrogen and oxygen atoms in total. The van der Waals surface area contributed by atoms with E-state index in [0.717, 1.165) is 5.56 Å². The SMILES string of the molecule is C(#Cc1ccccc1)C=C1c2ccccc2-c2ccccc21. The average Bonchev–Trinajstić information content (AvgIpc) is 2.91. The summed E-state index contributed by atoms with van der Waals surface area (Å²) in [5.41, 5.74) is 7.39. The number of hydrogen-bond acceptors (Lipinski definition) is 0. The van der Waals surface area contributed by atoms with Gasteiger partial charge >= 0.3 is 0 Å². The maximum absolute atomic E-state index is 3.21. The lowest BCUT2D eigenvalue weighted by Crippen LogP contribution is -1.80. The quantitative estimate of drug-likeness (QED) is 0.390. The first kappa shape index (κ1) is 12.7. The van der Waals surface area contributed by atoms with Crippen LogP contribution in [0.4, 0.5) is 0 Å². The third-order valence-electron chi connectivity index (χ3n) is 3.93. The molecule has 22 heavy (non-hydrogen) atoms. The van der Waals surface area contributed by atoms with Gasteiger partial charge in [-0.25, -0.2) is 0 Å². The van der Waals surface area contributed by atoms with Crippen LogP contribution in [0.2, 0.25) is 0 Å². The van der Waals surface area contributed by atoms with Crippen molar-refractivity contribution in [2.75, 3.05) is 0 Å². The van der Waals surface area contributed by atoms with Gasteiger partial charge in [0.2, 0.25) is 0 Å². The Morgan fingerprint density at radius 2 is 1.05 bits per heavy atom. The van der Waals surface area contributed by atoms with Crippen LogP contribution in [-0.2, 0) is 0 Å². The molecule has 0 saturated carbocycles. The van der Waals surface area contributed by atoms with Gasteiger partial charge in [0.25, 0.3) is 0 Å². The Balaban J connectivity index is 1.82. The van der Waals surface area contributed by atoms with Crippen LogP contribution in [0, 0.1) is 11.8 Å². The Morgan fingerprint density at radius 1 is 0.545 bits per heavy atom. The Morgan fingerprint density at radius 3 is 1.64 bits per heavy atom. The fraction of sp³-hybridized carbons (Fsp3) is 0. The van der Waals surface area contributed by atoms with E-state index in [2.05, 4.69) is 60.4 Å². The molecule has 0 radical (unpaired) electrons. The van der Waals surface area contributed by atoms with E-state index in [-0.39, 0.29) is 0 Å². The molecule has 0 bridgehead atoms. The third-order valence-corrected chi connectivity index (χ3v) is 3.93. The monoisotopic (exact) mass is 278 g/mol. The Kier molecular flexibility index (Phi) is 3.11. The maximum atomic E-state index is 3.21. The van der Waals surface area contributed by atoms with E-state index in [9.17, 15) is 0 Å². The zero-order valence-electron chi connectivity index (χ0n) is 12.1. The smallest absolute Gasteiger partial charge is 0.0248 e. The third kappa shape index (κ3) is 2.14. The highest BCUT2D eigenvalue weighted by Gasteiger charge is 2.21. The number of hydrogen-bond donors (Lipinski definition) is 0. The van der Waals surface area contributed by atoms with Crippen LogP contribution in [-0.4, -0.2) is 0 Å². The topological polar surface area (TPSA) is 0 Å². The van der Waals surface area contributed by atoms with Crippen molar-refractivity contribution in [2.24, 2.45) is 0 Å². The zero-order chi connectivity index (χ0) is 14.8. The molecule has 0 N–H and O–H groups in total. The van der Waals surface area contributed by atoms with Gasteiger partial charge in [-0.2, -0.15) is 0 Å². The Hall–Kier alpha value is -3.04. The second-order valence-electron chi connectivity index (χ2n) is 5.28. The predicted molar refractivity (Wildman–Crippen MR) is 92.3 cm³/mol. The predicted octanol–water partition coefficient (Wildman–Crippen LogP) is 5.15. The molecule has 0 heterocycles. The van der Waals surface area contributed by atoms with Gasteiger partial charge in [0.05, 0.1) is 0 Å². The standard InChI is InChI=1S/C22H14/c1-2-9-17(10-3-1)11-8-16-22-20-14-6-4-12-18(20)19-13-5-7-15-21(19)22/h1-7,9-10,12-16H. The molecule has 0 aromatic heterocycles. The lowest BCUT2D eigenvalue weighted by molar-refractivity contribution is 1.65. The lowest BCUT2D eigenvalue weighted by Gasteiger charge is -1.99. The van der Waals surface area contributed by atoms with Crippen LogP contribution < -0.4 is 0 Å². The summed E-state index contributed by atoms with van der Waals surface area (Å²) in [7, 11) is 0. The van der Waals surface area contributed by atoms with E-state index in [1.807, 2.05) is 36.4 Å². The van der Waals surface area contributed by atoms with Gasteiger partial charge in [-0.3, -0.25) is 0 Å². The Bertz CT molecular complexity index is 871. The molecule has 4 rings (SSSR count). The normalized spacial score (nSPS) is 11.2. The largest absolute Gasteiger partial charge is 0.0689 e. The van der Waals surface area contributed by atoms with Crippen molar-refractivity contribution in [3.8, 4) is 23.0 Å². The minimum Gasteiger partial charge on any atom is -0.0689 e. The first-order valence-electron chi connectivity index (χ1n) is 7.39. The van der Waals surface area contributed by atoms with Gasteiger partial charge in [-0.15, -0.1) is 0 Å². The Labute approximate surface area is 130 Å². The van der Waals surface area contributed by atoms with E-state index in [1.54, 1.807) is 0 Å². The lowest BCUT2D eigenvalue weighted by atomic mass is 10.0.